The molecule has 0 radical (unpaired) electrons. The van der Waals surface area contributed by atoms with Crippen LogP contribution in [0.1, 0.15) is 36.6 Å². The first-order chi connectivity index (χ1) is 10.2. The molecule has 0 saturated carbocycles. The highest BCUT2D eigenvalue weighted by Crippen LogP contribution is 2.28. The number of carbonyl (C=O) groups is 1. The van der Waals surface area contributed by atoms with Crippen LogP contribution in [0.15, 0.2) is 54.6 Å². The Morgan fingerprint density at radius 1 is 1.00 bits per heavy atom. The van der Waals surface area contributed by atoms with E-state index in [0.29, 0.717) is 6.42 Å². The first kappa shape index (κ1) is 13.9. The van der Waals surface area contributed by atoms with E-state index in [0.717, 1.165) is 6.42 Å². The molecule has 2 atom stereocenters. The van der Waals surface area contributed by atoms with Gasteiger partial charge in [-0.3, -0.25) is 4.79 Å². The smallest absolute Gasteiger partial charge is 0.227 e. The number of hydrogen-bond donors (Lipinski definition) is 0. The lowest BCUT2D eigenvalue weighted by Crippen LogP contribution is -2.40. The maximum Gasteiger partial charge on any atom is 0.227 e. The van der Waals surface area contributed by atoms with Gasteiger partial charge in [-0.2, -0.15) is 0 Å². The van der Waals surface area contributed by atoms with E-state index in [4.69, 9.17) is 0 Å². The first-order valence-corrected chi connectivity index (χ1v) is 7.59. The van der Waals surface area contributed by atoms with Crippen molar-refractivity contribution in [3.63, 3.8) is 0 Å². The summed E-state index contributed by atoms with van der Waals surface area (Å²) in [7, 11) is 0. The number of nitrogens with zero attached hydrogens (tertiary/aromatic N) is 1. The average Bonchev–Trinajstić information content (AvgIpc) is 2.62. The Bertz CT molecular complexity index is 635. The fourth-order valence-electron chi connectivity index (χ4n) is 3.34. The minimum atomic E-state index is 0.114. The third kappa shape index (κ3) is 2.71. The standard InChI is InChI=1S/C19H21NO/c1-14-12-17-10-6-7-11-18(17)13-19(21)20(14)15(2)16-8-4-3-5-9-16/h3-11,14-15H,12-13H2,1-2H3/t14-,15-/m1/s1. The van der Waals surface area contributed by atoms with Crippen molar-refractivity contribution >= 4 is 5.91 Å². The van der Waals surface area contributed by atoms with E-state index in [1.807, 2.05) is 24.3 Å². The molecule has 0 saturated heterocycles. The largest absolute Gasteiger partial charge is 0.333 e. The summed E-state index contributed by atoms with van der Waals surface area (Å²) in [6.07, 6.45) is 1.44. The molecule has 0 spiro atoms. The summed E-state index contributed by atoms with van der Waals surface area (Å²) in [5.74, 6) is 0.226. The third-order valence-corrected chi connectivity index (χ3v) is 4.44. The lowest BCUT2D eigenvalue weighted by molar-refractivity contribution is -0.134. The van der Waals surface area contributed by atoms with Crippen molar-refractivity contribution in [3.05, 3.63) is 71.3 Å². The van der Waals surface area contributed by atoms with Crippen molar-refractivity contribution in [2.24, 2.45) is 0 Å². The molecule has 0 N–H and O–H groups in total. The van der Waals surface area contributed by atoms with Gasteiger partial charge in [-0.1, -0.05) is 54.6 Å². The fraction of sp³-hybridized carbons (Fsp3) is 0.316. The molecular weight excluding hydrogens is 258 g/mol. The van der Waals surface area contributed by atoms with Gasteiger partial charge in [0.2, 0.25) is 5.91 Å². The normalized spacial score (nSPS) is 19.8. The Hall–Kier alpha value is -2.09. The number of amides is 1. The molecule has 2 heteroatoms. The van der Waals surface area contributed by atoms with E-state index in [2.05, 4.69) is 49.1 Å². The molecule has 2 nitrogen and oxygen atoms in total. The Balaban J connectivity index is 1.92. The summed E-state index contributed by atoms with van der Waals surface area (Å²) in [5, 5.41) is 0. The maximum atomic E-state index is 12.7. The van der Waals surface area contributed by atoms with Crippen LogP contribution in [0.4, 0.5) is 0 Å². The van der Waals surface area contributed by atoms with Gasteiger partial charge in [-0.15, -0.1) is 0 Å². The SMILES string of the molecule is C[C@@H]1Cc2ccccc2CC(=O)N1[C@H](C)c1ccccc1. The van der Waals surface area contributed by atoms with Gasteiger partial charge in [0.25, 0.3) is 0 Å². The van der Waals surface area contributed by atoms with Gasteiger partial charge in [0.15, 0.2) is 0 Å². The van der Waals surface area contributed by atoms with E-state index >= 15 is 0 Å². The van der Waals surface area contributed by atoms with Crippen LogP contribution in [0, 0.1) is 0 Å². The minimum Gasteiger partial charge on any atom is -0.333 e. The molecule has 0 aliphatic carbocycles. The van der Waals surface area contributed by atoms with Gasteiger partial charge in [-0.05, 0) is 37.0 Å². The molecule has 3 rings (SSSR count). The zero-order chi connectivity index (χ0) is 14.8. The number of benzene rings is 2. The molecule has 1 aliphatic rings. The van der Waals surface area contributed by atoms with Crippen LogP contribution in [0.3, 0.4) is 0 Å². The molecule has 1 aliphatic heterocycles. The van der Waals surface area contributed by atoms with Crippen LogP contribution in [0.25, 0.3) is 0 Å². The van der Waals surface area contributed by atoms with E-state index in [1.165, 1.54) is 16.7 Å². The summed E-state index contributed by atoms with van der Waals surface area (Å²) in [5.41, 5.74) is 3.68. The molecule has 0 fully saturated rings. The second-order valence-corrected chi connectivity index (χ2v) is 5.89. The number of carbonyl (C=O) groups excluding carboxylic acids is 1. The quantitative estimate of drug-likeness (QED) is 0.819. The Labute approximate surface area is 126 Å². The lowest BCUT2D eigenvalue weighted by atomic mass is 10.0. The second kappa shape index (κ2) is 5.72. The van der Waals surface area contributed by atoms with Crippen molar-refractivity contribution in [2.75, 3.05) is 0 Å². The molecule has 0 unspecified atom stereocenters. The van der Waals surface area contributed by atoms with Crippen LogP contribution < -0.4 is 0 Å². The lowest BCUT2D eigenvalue weighted by Gasteiger charge is -2.33. The monoisotopic (exact) mass is 279 g/mol. The number of rotatable bonds is 2. The second-order valence-electron chi connectivity index (χ2n) is 5.89. The van der Waals surface area contributed by atoms with Crippen LogP contribution in [0.5, 0.6) is 0 Å². The molecule has 1 amide bonds. The van der Waals surface area contributed by atoms with Crippen LogP contribution >= 0.6 is 0 Å². The molecule has 0 bridgehead atoms. The fourth-order valence-corrected chi connectivity index (χ4v) is 3.34. The summed E-state index contributed by atoms with van der Waals surface area (Å²) in [6, 6.07) is 18.9. The van der Waals surface area contributed by atoms with E-state index in [1.54, 1.807) is 0 Å². The van der Waals surface area contributed by atoms with Crippen molar-refractivity contribution < 1.29 is 4.79 Å². The summed E-state index contributed by atoms with van der Waals surface area (Å²) in [4.78, 5) is 14.8. The highest BCUT2D eigenvalue weighted by Gasteiger charge is 2.30. The van der Waals surface area contributed by atoms with Gasteiger partial charge in [0.1, 0.15) is 0 Å². The highest BCUT2D eigenvalue weighted by atomic mass is 16.2. The maximum absolute atomic E-state index is 12.7. The Kier molecular flexibility index (Phi) is 3.78. The zero-order valence-electron chi connectivity index (χ0n) is 12.6. The predicted octanol–water partition coefficient (Wildman–Crippen LogP) is 3.76. The third-order valence-electron chi connectivity index (χ3n) is 4.44. The highest BCUT2D eigenvalue weighted by molar-refractivity contribution is 5.80. The van der Waals surface area contributed by atoms with Gasteiger partial charge in [-0.25, -0.2) is 0 Å². The van der Waals surface area contributed by atoms with Crippen molar-refractivity contribution in [1.29, 1.82) is 0 Å². The Morgan fingerprint density at radius 3 is 2.33 bits per heavy atom. The van der Waals surface area contributed by atoms with Crippen LogP contribution in [-0.2, 0) is 17.6 Å². The van der Waals surface area contributed by atoms with E-state index < -0.39 is 0 Å². The summed E-state index contributed by atoms with van der Waals surface area (Å²) in [6.45, 7) is 4.28. The summed E-state index contributed by atoms with van der Waals surface area (Å²) >= 11 is 0. The number of fused-ring (bicyclic) bond motifs is 1. The van der Waals surface area contributed by atoms with Crippen molar-refractivity contribution in [1.82, 2.24) is 4.90 Å². The van der Waals surface area contributed by atoms with Crippen LogP contribution in [0.2, 0.25) is 0 Å². The first-order valence-electron chi connectivity index (χ1n) is 7.59. The molecule has 2 aromatic rings. The van der Waals surface area contributed by atoms with E-state index in [9.17, 15) is 4.79 Å². The van der Waals surface area contributed by atoms with Gasteiger partial charge >= 0.3 is 0 Å². The summed E-state index contributed by atoms with van der Waals surface area (Å²) < 4.78 is 0. The zero-order valence-corrected chi connectivity index (χ0v) is 12.6. The van der Waals surface area contributed by atoms with Crippen molar-refractivity contribution in [2.45, 2.75) is 38.8 Å². The molecular formula is C19H21NO. The molecule has 108 valence electrons. The minimum absolute atomic E-state index is 0.114. The molecule has 0 aromatic heterocycles. The predicted molar refractivity (Wildman–Crippen MR) is 85.0 cm³/mol. The van der Waals surface area contributed by atoms with Gasteiger partial charge in [0.05, 0.1) is 12.5 Å². The van der Waals surface area contributed by atoms with Crippen molar-refractivity contribution in [3.8, 4) is 0 Å². The van der Waals surface area contributed by atoms with Crippen LogP contribution in [-0.4, -0.2) is 16.8 Å². The molecule has 2 aromatic carbocycles. The molecule has 21 heavy (non-hydrogen) atoms. The molecule has 1 heterocycles. The van der Waals surface area contributed by atoms with Gasteiger partial charge in [0, 0.05) is 6.04 Å². The average molecular weight is 279 g/mol. The van der Waals surface area contributed by atoms with Gasteiger partial charge < -0.3 is 4.90 Å². The van der Waals surface area contributed by atoms with E-state index in [-0.39, 0.29) is 18.0 Å². The Morgan fingerprint density at radius 2 is 1.62 bits per heavy atom. The number of hydrogen-bond acceptors (Lipinski definition) is 1. The topological polar surface area (TPSA) is 20.3 Å².